The highest BCUT2D eigenvalue weighted by Crippen LogP contribution is 2.35. The molecule has 0 aromatic carbocycles. The molecule has 1 aliphatic heterocycles. The van der Waals surface area contributed by atoms with Crippen LogP contribution in [0.15, 0.2) is 6.07 Å². The largest absolute Gasteiger partial charge is 0.381 e. The van der Waals surface area contributed by atoms with E-state index in [4.69, 9.17) is 16.2 Å². The number of hydrogen-bond acceptors (Lipinski definition) is 6. The highest BCUT2D eigenvalue weighted by atomic mass is 16.5. The maximum absolute atomic E-state index is 5.88. The van der Waals surface area contributed by atoms with Crippen LogP contribution in [0.1, 0.15) is 37.3 Å². The summed E-state index contributed by atoms with van der Waals surface area (Å²) in [5, 5.41) is 0. The van der Waals surface area contributed by atoms with Gasteiger partial charge < -0.3 is 21.1 Å². The van der Waals surface area contributed by atoms with Crippen molar-refractivity contribution in [1.29, 1.82) is 0 Å². The Kier molecular flexibility index (Phi) is 4.26. The molecular formula is C15H25N5O. The summed E-state index contributed by atoms with van der Waals surface area (Å²) < 4.78 is 5.41. The van der Waals surface area contributed by atoms with E-state index in [-0.39, 0.29) is 0 Å². The van der Waals surface area contributed by atoms with E-state index in [1.807, 2.05) is 0 Å². The summed E-state index contributed by atoms with van der Waals surface area (Å²) in [4.78, 5) is 11.0. The van der Waals surface area contributed by atoms with E-state index < -0.39 is 0 Å². The zero-order valence-corrected chi connectivity index (χ0v) is 12.7. The second kappa shape index (κ2) is 6.15. The maximum Gasteiger partial charge on any atom is 0.222 e. The Morgan fingerprint density at radius 2 is 2.00 bits per heavy atom. The van der Waals surface area contributed by atoms with Gasteiger partial charge in [0.1, 0.15) is 5.82 Å². The summed E-state index contributed by atoms with van der Waals surface area (Å²) in [5.74, 6) is 2.40. The van der Waals surface area contributed by atoms with Crippen LogP contribution in [0.3, 0.4) is 0 Å². The van der Waals surface area contributed by atoms with E-state index in [2.05, 4.69) is 28.0 Å². The number of nitrogen functional groups attached to an aromatic ring is 1. The lowest BCUT2D eigenvalue weighted by Crippen LogP contribution is -2.35. The monoisotopic (exact) mass is 291 g/mol. The molecule has 3 rings (SSSR count). The van der Waals surface area contributed by atoms with Gasteiger partial charge in [-0.15, -0.1) is 0 Å². The Labute approximate surface area is 125 Å². The first kappa shape index (κ1) is 14.5. The molecule has 21 heavy (non-hydrogen) atoms. The van der Waals surface area contributed by atoms with Crippen molar-refractivity contribution in [3.63, 3.8) is 0 Å². The van der Waals surface area contributed by atoms with Crippen LogP contribution in [0.5, 0.6) is 0 Å². The smallest absolute Gasteiger partial charge is 0.222 e. The number of rotatable bonds is 4. The van der Waals surface area contributed by atoms with Gasteiger partial charge in [-0.25, -0.2) is 4.98 Å². The minimum absolute atomic E-state index is 0.314. The van der Waals surface area contributed by atoms with Gasteiger partial charge in [-0.05, 0) is 31.6 Å². The third kappa shape index (κ3) is 3.44. The van der Waals surface area contributed by atoms with Gasteiger partial charge in [0.25, 0.3) is 0 Å². The van der Waals surface area contributed by atoms with E-state index in [9.17, 15) is 0 Å². The Bertz CT molecular complexity index is 483. The predicted molar refractivity (Wildman–Crippen MR) is 83.2 cm³/mol. The lowest BCUT2D eigenvalue weighted by atomic mass is 9.78. The maximum atomic E-state index is 5.88. The van der Waals surface area contributed by atoms with Crippen molar-refractivity contribution >= 4 is 11.8 Å². The van der Waals surface area contributed by atoms with Gasteiger partial charge in [0.05, 0.1) is 5.69 Å². The number of anilines is 2. The van der Waals surface area contributed by atoms with Crippen LogP contribution >= 0.6 is 0 Å². The van der Waals surface area contributed by atoms with Crippen LogP contribution in [0, 0.1) is 5.92 Å². The molecule has 116 valence electrons. The molecule has 2 fully saturated rings. The van der Waals surface area contributed by atoms with E-state index >= 15 is 0 Å². The first-order valence-electron chi connectivity index (χ1n) is 7.80. The molecule has 1 aromatic heterocycles. The molecule has 1 aliphatic carbocycles. The van der Waals surface area contributed by atoms with Crippen molar-refractivity contribution in [3.05, 3.63) is 11.8 Å². The second-order valence-corrected chi connectivity index (χ2v) is 6.37. The van der Waals surface area contributed by atoms with Gasteiger partial charge in [0.15, 0.2) is 0 Å². The zero-order chi connectivity index (χ0) is 14.8. The molecule has 1 aromatic rings. The zero-order valence-electron chi connectivity index (χ0n) is 12.7. The van der Waals surface area contributed by atoms with Gasteiger partial charge in [0.2, 0.25) is 5.95 Å². The van der Waals surface area contributed by atoms with Crippen LogP contribution in [-0.2, 0) is 4.74 Å². The van der Waals surface area contributed by atoms with Crippen molar-refractivity contribution in [2.24, 2.45) is 11.7 Å². The van der Waals surface area contributed by atoms with Gasteiger partial charge in [-0.2, -0.15) is 4.98 Å². The average molecular weight is 291 g/mol. The van der Waals surface area contributed by atoms with E-state index in [1.54, 1.807) is 0 Å². The molecule has 0 unspecified atom stereocenters. The van der Waals surface area contributed by atoms with Crippen molar-refractivity contribution in [3.8, 4) is 0 Å². The second-order valence-electron chi connectivity index (χ2n) is 6.37. The van der Waals surface area contributed by atoms with E-state index in [0.717, 1.165) is 57.0 Å². The SMILES string of the molecule is CN(CC1CCOCC1)c1cc(C2CC(N)C2)nc(N)n1. The number of hydrogen-bond donors (Lipinski definition) is 2. The Morgan fingerprint density at radius 3 is 2.67 bits per heavy atom. The fraction of sp³-hybridized carbons (Fsp3) is 0.733. The van der Waals surface area contributed by atoms with Crippen molar-refractivity contribution in [1.82, 2.24) is 9.97 Å². The Balaban J connectivity index is 1.68. The molecule has 2 aliphatic rings. The van der Waals surface area contributed by atoms with E-state index in [0.29, 0.717) is 23.8 Å². The molecule has 0 radical (unpaired) electrons. The normalized spacial score (nSPS) is 26.4. The Morgan fingerprint density at radius 1 is 1.29 bits per heavy atom. The third-order valence-corrected chi connectivity index (χ3v) is 4.61. The predicted octanol–water partition coefficient (Wildman–Crippen LogP) is 1.13. The quantitative estimate of drug-likeness (QED) is 0.864. The fourth-order valence-corrected chi connectivity index (χ4v) is 3.19. The molecule has 0 spiro atoms. The molecular weight excluding hydrogens is 266 g/mol. The molecule has 0 amide bonds. The Hall–Kier alpha value is -1.40. The molecule has 4 N–H and O–H groups in total. The number of ether oxygens (including phenoxy) is 1. The van der Waals surface area contributed by atoms with Crippen molar-refractivity contribution in [2.75, 3.05) is 37.4 Å². The number of aromatic nitrogens is 2. The number of nitrogens with zero attached hydrogens (tertiary/aromatic N) is 3. The van der Waals surface area contributed by atoms with Crippen LogP contribution < -0.4 is 16.4 Å². The van der Waals surface area contributed by atoms with Crippen LogP contribution in [0.2, 0.25) is 0 Å². The minimum atomic E-state index is 0.314. The fourth-order valence-electron chi connectivity index (χ4n) is 3.19. The summed E-state index contributed by atoms with van der Waals surface area (Å²) in [6.07, 6.45) is 4.24. The minimum Gasteiger partial charge on any atom is -0.381 e. The van der Waals surface area contributed by atoms with Crippen molar-refractivity contribution in [2.45, 2.75) is 37.6 Å². The summed E-state index contributed by atoms with van der Waals surface area (Å²) in [7, 11) is 2.08. The van der Waals surface area contributed by atoms with Crippen LogP contribution in [-0.4, -0.2) is 42.8 Å². The summed E-state index contributed by atoms with van der Waals surface area (Å²) >= 11 is 0. The third-order valence-electron chi connectivity index (χ3n) is 4.61. The number of nitrogens with two attached hydrogens (primary N) is 2. The van der Waals surface area contributed by atoms with Gasteiger partial charge in [-0.1, -0.05) is 0 Å². The summed E-state index contributed by atoms with van der Waals surface area (Å²) in [6.45, 7) is 2.73. The van der Waals surface area contributed by atoms with Gasteiger partial charge in [-0.3, -0.25) is 0 Å². The first-order chi connectivity index (χ1) is 10.1. The topological polar surface area (TPSA) is 90.3 Å². The lowest BCUT2D eigenvalue weighted by molar-refractivity contribution is 0.0685. The summed E-state index contributed by atoms with van der Waals surface area (Å²) in [5.41, 5.74) is 12.8. The molecule has 0 atom stereocenters. The molecule has 6 heteroatoms. The standard InChI is InChI=1S/C15H25N5O/c1-20(9-10-2-4-21-5-3-10)14-8-13(18-15(17)19-14)11-6-12(16)7-11/h8,10-12H,2-7,9,16H2,1H3,(H2,17,18,19). The van der Waals surface area contributed by atoms with Crippen LogP contribution in [0.25, 0.3) is 0 Å². The molecule has 0 bridgehead atoms. The van der Waals surface area contributed by atoms with Crippen molar-refractivity contribution < 1.29 is 4.74 Å². The molecule has 6 nitrogen and oxygen atoms in total. The average Bonchev–Trinajstić information content (AvgIpc) is 2.44. The van der Waals surface area contributed by atoms with Gasteiger partial charge >= 0.3 is 0 Å². The molecule has 1 saturated heterocycles. The molecule has 1 saturated carbocycles. The van der Waals surface area contributed by atoms with Crippen LogP contribution in [0.4, 0.5) is 11.8 Å². The highest BCUT2D eigenvalue weighted by molar-refractivity contribution is 5.44. The van der Waals surface area contributed by atoms with E-state index in [1.165, 1.54) is 0 Å². The highest BCUT2D eigenvalue weighted by Gasteiger charge is 2.29. The lowest BCUT2D eigenvalue weighted by Gasteiger charge is -2.33. The first-order valence-corrected chi connectivity index (χ1v) is 7.80. The van der Waals surface area contributed by atoms with Gasteiger partial charge in [0, 0.05) is 44.8 Å². The molecule has 2 heterocycles. The summed E-state index contributed by atoms with van der Waals surface area (Å²) in [6, 6.07) is 2.39.